The molecule has 1 heterocycles. The van der Waals surface area contributed by atoms with Crippen LogP contribution in [0, 0.1) is 13.8 Å². The van der Waals surface area contributed by atoms with Gasteiger partial charge in [0.05, 0.1) is 0 Å². The first-order valence-corrected chi connectivity index (χ1v) is 7.33. The molecule has 0 saturated heterocycles. The number of fused-ring (bicyclic) bond motifs is 1. The summed E-state index contributed by atoms with van der Waals surface area (Å²) in [6, 6.07) is 14.3. The maximum atomic E-state index is 12.4. The molecule has 2 aromatic rings. The van der Waals surface area contributed by atoms with E-state index in [-0.39, 0.29) is 6.03 Å². The highest BCUT2D eigenvalue weighted by Crippen LogP contribution is 2.21. The van der Waals surface area contributed by atoms with Gasteiger partial charge in [-0.15, -0.1) is 0 Å². The summed E-state index contributed by atoms with van der Waals surface area (Å²) < 4.78 is 0. The van der Waals surface area contributed by atoms with Crippen molar-refractivity contribution in [2.45, 2.75) is 26.8 Å². The second-order valence-corrected chi connectivity index (χ2v) is 5.74. The SMILES string of the molecule is Cc1cccc(NC(=O)N2CCc3cc(C)ccc3C2)c1. The van der Waals surface area contributed by atoms with Crippen molar-refractivity contribution in [2.24, 2.45) is 0 Å². The molecule has 2 amide bonds. The van der Waals surface area contributed by atoms with E-state index in [1.165, 1.54) is 16.7 Å². The molecule has 3 heteroatoms. The predicted molar refractivity (Wildman–Crippen MR) is 85.5 cm³/mol. The predicted octanol–water partition coefficient (Wildman–Crippen LogP) is 3.89. The third-order valence-corrected chi connectivity index (χ3v) is 3.93. The molecule has 0 spiro atoms. The molecule has 3 rings (SSSR count). The van der Waals surface area contributed by atoms with Gasteiger partial charge in [-0.2, -0.15) is 0 Å². The lowest BCUT2D eigenvalue weighted by atomic mass is 9.98. The molecule has 1 aliphatic heterocycles. The molecule has 0 saturated carbocycles. The Hall–Kier alpha value is -2.29. The molecule has 108 valence electrons. The van der Waals surface area contributed by atoms with Gasteiger partial charge in [0.25, 0.3) is 0 Å². The number of hydrogen-bond donors (Lipinski definition) is 1. The van der Waals surface area contributed by atoms with E-state index in [4.69, 9.17) is 0 Å². The van der Waals surface area contributed by atoms with Crippen molar-refractivity contribution in [3.63, 3.8) is 0 Å². The first-order valence-electron chi connectivity index (χ1n) is 7.33. The maximum absolute atomic E-state index is 12.4. The molecule has 1 N–H and O–H groups in total. The average molecular weight is 280 g/mol. The molecule has 2 aromatic carbocycles. The topological polar surface area (TPSA) is 32.3 Å². The highest BCUT2D eigenvalue weighted by molar-refractivity contribution is 5.89. The van der Waals surface area contributed by atoms with Crippen LogP contribution in [0.25, 0.3) is 0 Å². The number of carbonyl (C=O) groups excluding carboxylic acids is 1. The number of carbonyl (C=O) groups is 1. The minimum absolute atomic E-state index is 0.0215. The minimum Gasteiger partial charge on any atom is -0.320 e. The van der Waals surface area contributed by atoms with Crippen LogP contribution in [0.15, 0.2) is 42.5 Å². The van der Waals surface area contributed by atoms with Crippen molar-refractivity contribution in [1.29, 1.82) is 0 Å². The monoisotopic (exact) mass is 280 g/mol. The van der Waals surface area contributed by atoms with E-state index in [9.17, 15) is 4.79 Å². The number of nitrogens with zero attached hydrogens (tertiary/aromatic N) is 1. The maximum Gasteiger partial charge on any atom is 0.322 e. The summed E-state index contributed by atoms with van der Waals surface area (Å²) in [7, 11) is 0. The zero-order chi connectivity index (χ0) is 14.8. The normalized spacial score (nSPS) is 13.7. The van der Waals surface area contributed by atoms with E-state index in [1.54, 1.807) is 0 Å². The van der Waals surface area contributed by atoms with Crippen LogP contribution in [-0.4, -0.2) is 17.5 Å². The van der Waals surface area contributed by atoms with Crippen molar-refractivity contribution in [2.75, 3.05) is 11.9 Å². The Bertz CT molecular complexity index is 679. The molecule has 21 heavy (non-hydrogen) atoms. The summed E-state index contributed by atoms with van der Waals surface area (Å²) in [5, 5.41) is 2.98. The molecular formula is C18H20N2O. The lowest BCUT2D eigenvalue weighted by Gasteiger charge is -2.29. The molecular weight excluding hydrogens is 260 g/mol. The van der Waals surface area contributed by atoms with Gasteiger partial charge in [0, 0.05) is 18.8 Å². The fraction of sp³-hybridized carbons (Fsp3) is 0.278. The number of aryl methyl sites for hydroxylation is 2. The number of urea groups is 1. The molecule has 0 atom stereocenters. The first-order chi connectivity index (χ1) is 10.1. The van der Waals surface area contributed by atoms with E-state index in [1.807, 2.05) is 36.1 Å². The van der Waals surface area contributed by atoms with Crippen molar-refractivity contribution >= 4 is 11.7 Å². The number of amides is 2. The number of nitrogens with one attached hydrogen (secondary N) is 1. The Morgan fingerprint density at radius 3 is 2.67 bits per heavy atom. The quantitative estimate of drug-likeness (QED) is 0.844. The third-order valence-electron chi connectivity index (χ3n) is 3.93. The van der Waals surface area contributed by atoms with E-state index < -0.39 is 0 Å². The van der Waals surface area contributed by atoms with E-state index in [0.717, 1.165) is 24.2 Å². The van der Waals surface area contributed by atoms with Crippen LogP contribution in [0.1, 0.15) is 22.3 Å². The summed E-state index contributed by atoms with van der Waals surface area (Å²) in [6.45, 7) is 5.59. The third kappa shape index (κ3) is 3.07. The van der Waals surface area contributed by atoms with E-state index in [2.05, 4.69) is 30.4 Å². The van der Waals surface area contributed by atoms with Gasteiger partial charge in [0.2, 0.25) is 0 Å². The second kappa shape index (κ2) is 5.60. The summed E-state index contributed by atoms with van der Waals surface area (Å²) in [5.41, 5.74) is 5.91. The lowest BCUT2D eigenvalue weighted by Crippen LogP contribution is -2.38. The van der Waals surface area contributed by atoms with Crippen molar-refractivity contribution in [3.8, 4) is 0 Å². The van der Waals surface area contributed by atoms with Crippen LogP contribution < -0.4 is 5.32 Å². The Morgan fingerprint density at radius 1 is 1.05 bits per heavy atom. The Kier molecular flexibility index (Phi) is 3.65. The summed E-state index contributed by atoms with van der Waals surface area (Å²) >= 11 is 0. The summed E-state index contributed by atoms with van der Waals surface area (Å²) in [5.74, 6) is 0. The van der Waals surface area contributed by atoms with E-state index in [0.29, 0.717) is 6.54 Å². The number of rotatable bonds is 1. The van der Waals surface area contributed by atoms with Crippen molar-refractivity contribution in [3.05, 3.63) is 64.7 Å². The molecule has 3 nitrogen and oxygen atoms in total. The zero-order valence-corrected chi connectivity index (χ0v) is 12.5. The Labute approximate surface area is 125 Å². The molecule has 0 aromatic heterocycles. The number of benzene rings is 2. The van der Waals surface area contributed by atoms with Crippen LogP contribution in [0.3, 0.4) is 0 Å². The Morgan fingerprint density at radius 2 is 1.86 bits per heavy atom. The van der Waals surface area contributed by atoms with Crippen LogP contribution >= 0.6 is 0 Å². The number of hydrogen-bond acceptors (Lipinski definition) is 1. The van der Waals surface area contributed by atoms with Gasteiger partial charge in [0.15, 0.2) is 0 Å². The highest BCUT2D eigenvalue weighted by Gasteiger charge is 2.20. The lowest BCUT2D eigenvalue weighted by molar-refractivity contribution is 0.206. The molecule has 0 aliphatic carbocycles. The van der Waals surface area contributed by atoms with Crippen LogP contribution in [0.5, 0.6) is 0 Å². The van der Waals surface area contributed by atoms with E-state index >= 15 is 0 Å². The largest absolute Gasteiger partial charge is 0.322 e. The summed E-state index contributed by atoms with van der Waals surface area (Å²) in [6.07, 6.45) is 0.929. The van der Waals surface area contributed by atoms with Crippen LogP contribution in [0.4, 0.5) is 10.5 Å². The van der Waals surface area contributed by atoms with Crippen LogP contribution in [-0.2, 0) is 13.0 Å². The second-order valence-electron chi connectivity index (χ2n) is 5.74. The average Bonchev–Trinajstić information content (AvgIpc) is 2.46. The Balaban J connectivity index is 1.71. The fourth-order valence-electron chi connectivity index (χ4n) is 2.78. The zero-order valence-electron chi connectivity index (χ0n) is 12.5. The summed E-state index contributed by atoms with van der Waals surface area (Å²) in [4.78, 5) is 14.2. The van der Waals surface area contributed by atoms with Gasteiger partial charge in [-0.3, -0.25) is 0 Å². The molecule has 0 unspecified atom stereocenters. The van der Waals surface area contributed by atoms with Crippen LogP contribution in [0.2, 0.25) is 0 Å². The van der Waals surface area contributed by atoms with Gasteiger partial charge < -0.3 is 10.2 Å². The molecule has 0 radical (unpaired) electrons. The van der Waals surface area contributed by atoms with Gasteiger partial charge in [-0.05, 0) is 49.1 Å². The molecule has 0 fully saturated rings. The van der Waals surface area contributed by atoms with Gasteiger partial charge in [0.1, 0.15) is 0 Å². The van der Waals surface area contributed by atoms with Crippen molar-refractivity contribution < 1.29 is 4.79 Å². The highest BCUT2D eigenvalue weighted by atomic mass is 16.2. The van der Waals surface area contributed by atoms with Gasteiger partial charge in [-0.1, -0.05) is 35.9 Å². The minimum atomic E-state index is -0.0215. The first kappa shape index (κ1) is 13.7. The molecule has 1 aliphatic rings. The van der Waals surface area contributed by atoms with Gasteiger partial charge in [-0.25, -0.2) is 4.79 Å². The van der Waals surface area contributed by atoms with Crippen molar-refractivity contribution in [1.82, 2.24) is 4.90 Å². The number of anilines is 1. The molecule has 0 bridgehead atoms. The fourth-order valence-corrected chi connectivity index (χ4v) is 2.78. The smallest absolute Gasteiger partial charge is 0.320 e. The standard InChI is InChI=1S/C18H20N2O/c1-13-4-3-5-17(11-13)19-18(21)20-9-8-15-10-14(2)6-7-16(15)12-20/h3-7,10-11H,8-9,12H2,1-2H3,(H,19,21). The van der Waals surface area contributed by atoms with Gasteiger partial charge >= 0.3 is 6.03 Å².